The van der Waals surface area contributed by atoms with E-state index in [2.05, 4.69) is 52.5 Å². The smallest absolute Gasteiger partial charge is 0.157 e. The number of nitrogens with zero attached hydrogens (tertiary/aromatic N) is 3. The van der Waals surface area contributed by atoms with E-state index in [9.17, 15) is 10.2 Å². The molecule has 1 saturated carbocycles. The van der Waals surface area contributed by atoms with Crippen molar-refractivity contribution in [3.63, 3.8) is 0 Å². The van der Waals surface area contributed by atoms with Gasteiger partial charge in [0.2, 0.25) is 0 Å². The summed E-state index contributed by atoms with van der Waals surface area (Å²) in [6.45, 7) is 3.92. The number of para-hydroxylation sites is 1. The maximum Gasteiger partial charge on any atom is 0.157 e. The second-order valence-corrected chi connectivity index (χ2v) is 8.29. The summed E-state index contributed by atoms with van der Waals surface area (Å²) in [4.78, 5) is 7.89. The topological polar surface area (TPSA) is 98.5 Å². The molecule has 0 amide bonds. The van der Waals surface area contributed by atoms with Gasteiger partial charge in [-0.3, -0.25) is 0 Å². The van der Waals surface area contributed by atoms with Gasteiger partial charge in [0.15, 0.2) is 5.65 Å². The number of nitrogens with one attached hydrogen (secondary N) is 2. The Morgan fingerprint density at radius 2 is 1.84 bits per heavy atom. The molecule has 0 saturated heterocycles. The number of aliphatic hydroxyl groups is 2. The van der Waals surface area contributed by atoms with Crippen LogP contribution < -0.4 is 5.32 Å². The summed E-state index contributed by atoms with van der Waals surface area (Å²) in [6, 6.07) is 18.0. The van der Waals surface area contributed by atoms with E-state index in [1.54, 1.807) is 10.7 Å². The molecule has 6 rings (SSSR count). The number of aromatic amines is 1. The first-order chi connectivity index (χ1) is 15.1. The fourth-order valence-electron chi connectivity index (χ4n) is 4.61. The zero-order valence-corrected chi connectivity index (χ0v) is 16.7. The second kappa shape index (κ2) is 6.80. The third-order valence-corrected chi connectivity index (χ3v) is 6.29. The molecule has 31 heavy (non-hydrogen) atoms. The number of rotatable bonds is 3. The maximum absolute atomic E-state index is 10.3. The lowest BCUT2D eigenvalue weighted by atomic mass is 10.1. The largest absolute Gasteiger partial charge is 0.390 e. The van der Waals surface area contributed by atoms with Gasteiger partial charge in [-0.2, -0.15) is 9.61 Å². The Bertz CT molecular complexity index is 1420. The van der Waals surface area contributed by atoms with Crippen LogP contribution in [0.4, 0.5) is 5.82 Å². The summed E-state index contributed by atoms with van der Waals surface area (Å²) in [5.74, 6) is 0.510. The van der Waals surface area contributed by atoms with Crippen molar-refractivity contribution in [2.45, 2.75) is 24.7 Å². The molecule has 1 aliphatic carbocycles. The first-order valence-corrected chi connectivity index (χ1v) is 10.4. The van der Waals surface area contributed by atoms with E-state index >= 15 is 0 Å². The second-order valence-electron chi connectivity index (χ2n) is 8.29. The minimum atomic E-state index is -0.870. The van der Waals surface area contributed by atoms with Crippen molar-refractivity contribution in [3.05, 3.63) is 67.7 Å². The molecular formula is C24H22N5O2. The van der Waals surface area contributed by atoms with Gasteiger partial charge < -0.3 is 20.5 Å². The van der Waals surface area contributed by atoms with E-state index in [-0.39, 0.29) is 12.0 Å². The molecule has 0 bridgehead atoms. The molecule has 1 radical (unpaired) electrons. The molecule has 1 fully saturated rings. The van der Waals surface area contributed by atoms with E-state index in [0.717, 1.165) is 33.5 Å². The zero-order valence-electron chi connectivity index (χ0n) is 16.7. The van der Waals surface area contributed by atoms with Gasteiger partial charge in [-0.15, -0.1) is 0 Å². The van der Waals surface area contributed by atoms with Gasteiger partial charge in [0.25, 0.3) is 0 Å². The van der Waals surface area contributed by atoms with Crippen molar-refractivity contribution in [2.24, 2.45) is 5.92 Å². The first kappa shape index (κ1) is 18.4. The molecule has 7 nitrogen and oxygen atoms in total. The van der Waals surface area contributed by atoms with Crippen molar-refractivity contribution in [2.75, 3.05) is 5.32 Å². The third kappa shape index (κ3) is 2.89. The van der Waals surface area contributed by atoms with Gasteiger partial charge in [0.05, 0.1) is 17.8 Å². The van der Waals surface area contributed by atoms with Crippen LogP contribution in [-0.4, -0.2) is 48.0 Å². The number of hydrogen-bond acceptors (Lipinski definition) is 5. The van der Waals surface area contributed by atoms with E-state index < -0.39 is 12.2 Å². The predicted molar refractivity (Wildman–Crippen MR) is 121 cm³/mol. The van der Waals surface area contributed by atoms with E-state index in [0.29, 0.717) is 12.1 Å². The minimum absolute atomic E-state index is 0.207. The van der Waals surface area contributed by atoms with Crippen molar-refractivity contribution < 1.29 is 10.2 Å². The average molecular weight is 412 g/mol. The van der Waals surface area contributed by atoms with Crippen molar-refractivity contribution in [1.82, 2.24) is 19.6 Å². The summed E-state index contributed by atoms with van der Waals surface area (Å²) < 4.78 is 1.74. The Hall–Kier alpha value is -3.42. The fraction of sp³-hybridized carbons (Fsp3) is 0.208. The fourth-order valence-corrected chi connectivity index (χ4v) is 4.61. The molecule has 155 valence electrons. The van der Waals surface area contributed by atoms with Crippen LogP contribution in [0.1, 0.15) is 6.42 Å². The molecule has 7 heteroatoms. The Morgan fingerprint density at radius 3 is 2.68 bits per heavy atom. The lowest BCUT2D eigenvalue weighted by Gasteiger charge is -2.19. The highest BCUT2D eigenvalue weighted by Crippen LogP contribution is 2.31. The van der Waals surface area contributed by atoms with E-state index in [1.165, 1.54) is 5.39 Å². The van der Waals surface area contributed by atoms with Gasteiger partial charge in [-0.25, -0.2) is 4.98 Å². The quantitative estimate of drug-likeness (QED) is 0.364. The van der Waals surface area contributed by atoms with Crippen molar-refractivity contribution >= 4 is 33.3 Å². The Kier molecular flexibility index (Phi) is 4.03. The maximum atomic E-state index is 10.3. The highest BCUT2D eigenvalue weighted by Gasteiger charge is 2.39. The molecule has 3 aromatic heterocycles. The van der Waals surface area contributed by atoms with Gasteiger partial charge >= 0.3 is 0 Å². The predicted octanol–water partition coefficient (Wildman–Crippen LogP) is 3.39. The number of anilines is 1. The molecule has 2 aromatic carbocycles. The third-order valence-electron chi connectivity index (χ3n) is 6.29. The molecule has 0 aliphatic heterocycles. The molecular weight excluding hydrogens is 390 g/mol. The highest BCUT2D eigenvalue weighted by molar-refractivity contribution is 6.08. The first-order valence-electron chi connectivity index (χ1n) is 10.4. The number of H-pyrrole nitrogens is 1. The Morgan fingerprint density at radius 1 is 1.00 bits per heavy atom. The van der Waals surface area contributed by atoms with Crippen LogP contribution >= 0.6 is 0 Å². The standard InChI is InChI=1S/C24H22N5O2/c1-13-10-20(24(31)23(13)30)27-21-8-9-25-22-12-19(28-29(21)22)14-6-7-18-16(11-14)15-4-2-3-5-17(15)26-18/h2-9,11-13,20,23-24,26-27,30-31H,1,10H2/t13-,20-,23-,24+/m1/s1. The van der Waals surface area contributed by atoms with Crippen LogP contribution in [0.3, 0.4) is 0 Å². The lowest BCUT2D eigenvalue weighted by molar-refractivity contribution is 0.0256. The molecule has 1 aliphatic rings. The summed E-state index contributed by atoms with van der Waals surface area (Å²) in [5, 5.41) is 30.8. The molecule has 5 aromatic rings. The highest BCUT2D eigenvalue weighted by atomic mass is 16.3. The number of aromatic nitrogens is 4. The molecule has 4 atom stereocenters. The van der Waals surface area contributed by atoms with Crippen LogP contribution in [0.25, 0.3) is 38.7 Å². The number of hydrogen-bond donors (Lipinski definition) is 4. The normalized spacial score (nSPS) is 23.8. The molecule has 4 N–H and O–H groups in total. The summed E-state index contributed by atoms with van der Waals surface area (Å²) in [5.41, 5.74) is 4.72. The molecule has 3 heterocycles. The average Bonchev–Trinajstić information content (AvgIpc) is 3.45. The summed E-state index contributed by atoms with van der Waals surface area (Å²) in [7, 11) is 0. The summed E-state index contributed by atoms with van der Waals surface area (Å²) >= 11 is 0. The molecule has 0 spiro atoms. The Balaban J connectivity index is 1.40. The van der Waals surface area contributed by atoms with Gasteiger partial charge in [-0.05, 0) is 43.5 Å². The lowest BCUT2D eigenvalue weighted by Crippen LogP contribution is -2.35. The summed E-state index contributed by atoms with van der Waals surface area (Å²) in [6.07, 6.45) is 0.596. The zero-order chi connectivity index (χ0) is 21.1. The van der Waals surface area contributed by atoms with E-state index in [4.69, 9.17) is 5.10 Å². The SMILES string of the molecule is [CH2][C@@H]1C[C@@H](Nc2ccnc3cc(-c4ccc5[nH]c6ccccc6c5c4)nn23)[C@H](O)[C@@H]1O. The number of benzene rings is 2. The van der Waals surface area contributed by atoms with Crippen LogP contribution in [0.2, 0.25) is 0 Å². The minimum Gasteiger partial charge on any atom is -0.390 e. The Labute approximate surface area is 178 Å². The van der Waals surface area contributed by atoms with Gasteiger partial charge in [-0.1, -0.05) is 24.3 Å². The van der Waals surface area contributed by atoms with Crippen LogP contribution in [0.15, 0.2) is 60.8 Å². The van der Waals surface area contributed by atoms with Crippen LogP contribution in [-0.2, 0) is 0 Å². The van der Waals surface area contributed by atoms with Crippen molar-refractivity contribution in [1.29, 1.82) is 0 Å². The number of aliphatic hydroxyl groups excluding tert-OH is 2. The number of fused-ring (bicyclic) bond motifs is 4. The van der Waals surface area contributed by atoms with Gasteiger partial charge in [0.1, 0.15) is 11.9 Å². The molecule has 0 unspecified atom stereocenters. The van der Waals surface area contributed by atoms with Gasteiger partial charge in [0, 0.05) is 39.6 Å². The van der Waals surface area contributed by atoms with Crippen LogP contribution in [0, 0.1) is 12.8 Å². The van der Waals surface area contributed by atoms with Crippen molar-refractivity contribution in [3.8, 4) is 11.3 Å². The monoisotopic (exact) mass is 412 g/mol. The van der Waals surface area contributed by atoms with E-state index in [1.807, 2.05) is 24.3 Å². The van der Waals surface area contributed by atoms with Crippen LogP contribution in [0.5, 0.6) is 0 Å².